The minimum absolute atomic E-state index is 0.172. The summed E-state index contributed by atoms with van der Waals surface area (Å²) in [6.45, 7) is -0.633. The summed E-state index contributed by atoms with van der Waals surface area (Å²) >= 11 is 0. The monoisotopic (exact) mass is 178 g/mol. The molecule has 14 heavy (non-hydrogen) atoms. The average Bonchev–Trinajstić information content (AvgIpc) is 2.26. The third-order valence-electron chi connectivity index (χ3n) is 1.91. The predicted molar refractivity (Wildman–Crippen MR) is 48.1 cm³/mol. The second-order valence-corrected chi connectivity index (χ2v) is 2.69. The van der Waals surface area contributed by atoms with E-state index in [1.165, 1.54) is 12.1 Å². The molecule has 0 aromatic rings. The molecule has 1 aliphatic heterocycles. The maximum Gasteiger partial charge on any atom is 0.315 e. The van der Waals surface area contributed by atoms with Crippen LogP contribution in [-0.4, -0.2) is 6.71 Å². The lowest BCUT2D eigenvalue weighted by atomic mass is 9.40. The van der Waals surface area contributed by atoms with Crippen molar-refractivity contribution in [1.29, 1.82) is 21.0 Å². The summed E-state index contributed by atoms with van der Waals surface area (Å²) < 4.78 is 0. The molecular weight excluding hydrogens is 175 g/mol. The minimum atomic E-state index is -0.633. The Labute approximate surface area is 81.7 Å². The van der Waals surface area contributed by atoms with Crippen molar-refractivity contribution in [2.24, 2.45) is 0 Å². The molecule has 1 unspecified atom stereocenters. The molecule has 0 aromatic heterocycles. The molecule has 0 saturated carbocycles. The minimum Gasteiger partial charge on any atom is -0.212 e. The molecule has 0 fully saturated rings. The second kappa shape index (κ2) is 3.95. The molecule has 0 radical (unpaired) electrons. The fourth-order valence-electron chi connectivity index (χ4n) is 1.18. The van der Waals surface area contributed by atoms with Crippen molar-refractivity contribution < 1.29 is 0 Å². The SMILES string of the molecule is N#CB1C=C(C#N)C(C#N)=CC1C#N. The number of hydrogen-bond acceptors (Lipinski definition) is 4. The Hall–Kier alpha value is -2.50. The standard InChI is InChI=1S/C9H3BN4/c11-3-7-1-9(5-13)10(6-14)2-8(7)4-12/h1-2,9H. The van der Waals surface area contributed by atoms with Crippen molar-refractivity contribution in [3.8, 4) is 24.2 Å². The van der Waals surface area contributed by atoms with Crippen LogP contribution in [0, 0.1) is 45.2 Å². The molecule has 1 rings (SSSR count). The van der Waals surface area contributed by atoms with Gasteiger partial charge in [0.25, 0.3) is 0 Å². The predicted octanol–water partition coefficient (Wildman–Crippen LogP) is 0.891. The van der Waals surface area contributed by atoms with Crippen LogP contribution < -0.4 is 0 Å². The van der Waals surface area contributed by atoms with Crippen molar-refractivity contribution in [2.45, 2.75) is 5.82 Å². The van der Waals surface area contributed by atoms with Crippen LogP contribution in [0.1, 0.15) is 0 Å². The molecule has 0 bridgehead atoms. The summed E-state index contributed by atoms with van der Waals surface area (Å²) in [7, 11) is 0. The van der Waals surface area contributed by atoms with Crippen molar-refractivity contribution in [3.05, 3.63) is 23.2 Å². The Bertz CT molecular complexity index is 429. The highest BCUT2D eigenvalue weighted by Gasteiger charge is 2.28. The van der Waals surface area contributed by atoms with Crippen molar-refractivity contribution in [2.75, 3.05) is 0 Å². The van der Waals surface area contributed by atoms with Gasteiger partial charge in [0, 0.05) is 5.97 Å². The number of nitrogens with zero attached hydrogens (tertiary/aromatic N) is 4. The van der Waals surface area contributed by atoms with Gasteiger partial charge in [0.2, 0.25) is 0 Å². The molecule has 0 aromatic carbocycles. The zero-order valence-corrected chi connectivity index (χ0v) is 7.10. The van der Waals surface area contributed by atoms with Gasteiger partial charge in [-0.05, 0) is 0 Å². The van der Waals surface area contributed by atoms with Crippen molar-refractivity contribution >= 4 is 6.71 Å². The van der Waals surface area contributed by atoms with Crippen LogP contribution in [0.2, 0.25) is 5.82 Å². The van der Waals surface area contributed by atoms with Crippen molar-refractivity contribution in [3.63, 3.8) is 0 Å². The van der Waals surface area contributed by atoms with Crippen LogP contribution in [0.4, 0.5) is 0 Å². The number of nitriles is 4. The van der Waals surface area contributed by atoms with E-state index in [-0.39, 0.29) is 11.1 Å². The fraction of sp³-hybridized carbons (Fsp3) is 0.111. The smallest absolute Gasteiger partial charge is 0.212 e. The number of rotatable bonds is 0. The molecule has 5 heteroatoms. The summed E-state index contributed by atoms with van der Waals surface area (Å²) in [5, 5.41) is 34.7. The zero-order chi connectivity index (χ0) is 10.6. The fourth-order valence-corrected chi connectivity index (χ4v) is 1.18. The van der Waals surface area contributed by atoms with E-state index < -0.39 is 12.5 Å². The Balaban J connectivity index is 3.19. The first-order valence-electron chi connectivity index (χ1n) is 3.80. The van der Waals surface area contributed by atoms with Gasteiger partial charge in [0.15, 0.2) is 0 Å². The summed E-state index contributed by atoms with van der Waals surface area (Å²) in [6, 6.07) is 5.56. The number of hydrogen-bond donors (Lipinski definition) is 0. The van der Waals surface area contributed by atoms with Gasteiger partial charge >= 0.3 is 6.71 Å². The lowest BCUT2D eigenvalue weighted by Gasteiger charge is -2.10. The van der Waals surface area contributed by atoms with E-state index in [4.69, 9.17) is 21.0 Å². The van der Waals surface area contributed by atoms with E-state index in [2.05, 4.69) is 0 Å². The van der Waals surface area contributed by atoms with Gasteiger partial charge in [-0.1, -0.05) is 12.1 Å². The van der Waals surface area contributed by atoms with Gasteiger partial charge in [-0.2, -0.15) is 15.8 Å². The van der Waals surface area contributed by atoms with Gasteiger partial charge in [0.1, 0.15) is 6.07 Å². The first-order valence-corrected chi connectivity index (χ1v) is 3.80. The van der Waals surface area contributed by atoms with E-state index in [0.29, 0.717) is 0 Å². The number of allylic oxidation sites excluding steroid dienone is 3. The van der Waals surface area contributed by atoms with Crippen molar-refractivity contribution in [1.82, 2.24) is 0 Å². The molecule has 0 aliphatic carbocycles. The van der Waals surface area contributed by atoms with E-state index >= 15 is 0 Å². The highest BCUT2D eigenvalue weighted by Crippen LogP contribution is 2.24. The summed E-state index contributed by atoms with van der Waals surface area (Å²) in [5.41, 5.74) is 0.344. The molecule has 1 aliphatic rings. The van der Waals surface area contributed by atoms with Gasteiger partial charge in [-0.15, -0.1) is 0 Å². The lowest BCUT2D eigenvalue weighted by molar-refractivity contribution is 1.26. The van der Waals surface area contributed by atoms with Gasteiger partial charge in [-0.25, -0.2) is 5.26 Å². The molecule has 0 N–H and O–H groups in total. The van der Waals surface area contributed by atoms with E-state index in [1.54, 1.807) is 0 Å². The molecule has 0 saturated heterocycles. The first-order chi connectivity index (χ1) is 6.76. The third-order valence-corrected chi connectivity index (χ3v) is 1.91. The van der Waals surface area contributed by atoms with Gasteiger partial charge in [-0.3, -0.25) is 0 Å². The Morgan fingerprint density at radius 3 is 2.14 bits per heavy atom. The Morgan fingerprint density at radius 1 is 1.07 bits per heavy atom. The maximum atomic E-state index is 8.70. The maximum absolute atomic E-state index is 8.70. The van der Waals surface area contributed by atoms with Crippen LogP contribution >= 0.6 is 0 Å². The normalized spacial score (nSPS) is 19.1. The topological polar surface area (TPSA) is 95.2 Å². The molecular formula is C9H3BN4. The Kier molecular flexibility index (Phi) is 2.70. The highest BCUT2D eigenvalue weighted by molar-refractivity contribution is 6.75. The molecule has 4 nitrogen and oxygen atoms in total. The molecule has 62 valence electrons. The van der Waals surface area contributed by atoms with Crippen LogP contribution in [0.25, 0.3) is 0 Å². The van der Waals surface area contributed by atoms with Crippen LogP contribution in [0.5, 0.6) is 0 Å². The summed E-state index contributed by atoms with van der Waals surface area (Å²) in [5.74, 6) is 2.64. The van der Waals surface area contributed by atoms with Crippen LogP contribution in [-0.2, 0) is 0 Å². The Morgan fingerprint density at radius 2 is 1.71 bits per heavy atom. The zero-order valence-electron chi connectivity index (χ0n) is 7.10. The van der Waals surface area contributed by atoms with Gasteiger partial charge in [0.05, 0.1) is 29.1 Å². The second-order valence-electron chi connectivity index (χ2n) is 2.69. The van der Waals surface area contributed by atoms with Crippen LogP contribution in [0.3, 0.4) is 0 Å². The summed E-state index contributed by atoms with van der Waals surface area (Å²) in [4.78, 5) is 0. The van der Waals surface area contributed by atoms with E-state index in [0.717, 1.165) is 0 Å². The van der Waals surface area contributed by atoms with Crippen LogP contribution in [0.15, 0.2) is 23.2 Å². The lowest BCUT2D eigenvalue weighted by Crippen LogP contribution is -2.18. The third kappa shape index (κ3) is 1.49. The molecule has 0 spiro atoms. The molecule has 1 atom stereocenters. The largest absolute Gasteiger partial charge is 0.315 e. The average molecular weight is 178 g/mol. The van der Waals surface area contributed by atoms with E-state index in [9.17, 15) is 0 Å². The molecule has 1 heterocycles. The molecule has 0 amide bonds. The first kappa shape index (κ1) is 9.59. The summed E-state index contributed by atoms with van der Waals surface area (Å²) in [6.07, 6.45) is 1.37. The van der Waals surface area contributed by atoms with E-state index in [1.807, 2.05) is 24.2 Å². The van der Waals surface area contributed by atoms with Gasteiger partial charge < -0.3 is 0 Å². The quantitative estimate of drug-likeness (QED) is 0.514. The highest BCUT2D eigenvalue weighted by atomic mass is 14.3.